The van der Waals surface area contributed by atoms with Crippen LogP contribution in [0, 0.1) is 23.1 Å². The summed E-state index contributed by atoms with van der Waals surface area (Å²) in [5, 5.41) is 17.8. The number of rotatable bonds is 3. The molecule has 1 saturated heterocycles. The molecule has 1 aliphatic heterocycles. The van der Waals surface area contributed by atoms with E-state index in [1.807, 2.05) is 0 Å². The number of amides is 1. The lowest BCUT2D eigenvalue weighted by molar-refractivity contribution is -0.147. The highest BCUT2D eigenvalue weighted by atomic mass is 19.1. The average molecular weight is 276 g/mol. The minimum atomic E-state index is -0.950. The summed E-state index contributed by atoms with van der Waals surface area (Å²) in [5.41, 5.74) is 0.144. The van der Waals surface area contributed by atoms with Gasteiger partial charge in [0.05, 0.1) is 11.5 Å². The summed E-state index contributed by atoms with van der Waals surface area (Å²) in [6.45, 7) is 0.0638. The van der Waals surface area contributed by atoms with Crippen LogP contribution < -0.4 is 0 Å². The number of aliphatic carboxylic acids is 1. The van der Waals surface area contributed by atoms with Crippen LogP contribution in [0.5, 0.6) is 0 Å². The molecule has 1 atom stereocenters. The molecule has 1 aromatic carbocycles. The maximum absolute atomic E-state index is 13.9. The van der Waals surface area contributed by atoms with Crippen molar-refractivity contribution in [3.63, 3.8) is 0 Å². The molecule has 0 aliphatic carbocycles. The average Bonchev–Trinajstić information content (AvgIpc) is 2.43. The molecule has 0 aromatic heterocycles. The van der Waals surface area contributed by atoms with Gasteiger partial charge in [0.25, 0.3) is 0 Å². The SMILES string of the molecule is N#Cc1cccc(CN2CC(C(=O)O)CCC2=O)c1F. The Kier molecular flexibility index (Phi) is 3.99. The molecule has 1 fully saturated rings. The Morgan fingerprint density at radius 1 is 1.55 bits per heavy atom. The third-order valence-corrected chi connectivity index (χ3v) is 3.41. The molecule has 0 spiro atoms. The quantitative estimate of drug-likeness (QED) is 0.907. The third kappa shape index (κ3) is 2.77. The van der Waals surface area contributed by atoms with Crippen LogP contribution >= 0.6 is 0 Å². The lowest BCUT2D eigenvalue weighted by Gasteiger charge is -2.30. The van der Waals surface area contributed by atoms with Crippen molar-refractivity contribution < 1.29 is 19.1 Å². The largest absolute Gasteiger partial charge is 0.481 e. The summed E-state index contributed by atoms with van der Waals surface area (Å²) in [6, 6.07) is 6.13. The fourth-order valence-electron chi connectivity index (χ4n) is 2.26. The van der Waals surface area contributed by atoms with Crippen molar-refractivity contribution in [3.05, 3.63) is 35.1 Å². The molecule has 0 bridgehead atoms. The first-order valence-corrected chi connectivity index (χ1v) is 6.21. The molecular formula is C14H13FN2O3. The molecule has 2 rings (SSSR count). The lowest BCUT2D eigenvalue weighted by Crippen LogP contribution is -2.42. The molecule has 1 unspecified atom stereocenters. The zero-order valence-corrected chi connectivity index (χ0v) is 10.7. The Balaban J connectivity index is 2.18. The number of carboxylic acids is 1. The van der Waals surface area contributed by atoms with Crippen LogP contribution in [0.3, 0.4) is 0 Å². The Labute approximate surface area is 115 Å². The third-order valence-electron chi connectivity index (χ3n) is 3.41. The molecule has 1 heterocycles. The van der Waals surface area contributed by atoms with Gasteiger partial charge in [-0.15, -0.1) is 0 Å². The number of hydrogen-bond donors (Lipinski definition) is 1. The highest BCUT2D eigenvalue weighted by Gasteiger charge is 2.30. The van der Waals surface area contributed by atoms with Crippen LogP contribution in [0.25, 0.3) is 0 Å². The molecule has 5 nitrogen and oxygen atoms in total. The van der Waals surface area contributed by atoms with Crippen molar-refractivity contribution >= 4 is 11.9 Å². The Bertz CT molecular complexity index is 595. The van der Waals surface area contributed by atoms with Crippen molar-refractivity contribution in [2.45, 2.75) is 19.4 Å². The minimum Gasteiger partial charge on any atom is -0.481 e. The monoisotopic (exact) mass is 276 g/mol. The van der Waals surface area contributed by atoms with Gasteiger partial charge < -0.3 is 10.0 Å². The number of nitrogens with zero attached hydrogens (tertiary/aromatic N) is 2. The molecule has 104 valence electrons. The number of piperidine rings is 1. The van der Waals surface area contributed by atoms with Gasteiger partial charge in [0.15, 0.2) is 0 Å². The van der Waals surface area contributed by atoms with E-state index in [2.05, 4.69) is 0 Å². The number of likely N-dealkylation sites (tertiary alicyclic amines) is 1. The summed E-state index contributed by atoms with van der Waals surface area (Å²) < 4.78 is 13.9. The van der Waals surface area contributed by atoms with E-state index >= 15 is 0 Å². The number of nitriles is 1. The van der Waals surface area contributed by atoms with Gasteiger partial charge in [-0.05, 0) is 12.5 Å². The van der Waals surface area contributed by atoms with Crippen molar-refractivity contribution in [2.75, 3.05) is 6.54 Å². The molecule has 1 N–H and O–H groups in total. The van der Waals surface area contributed by atoms with E-state index in [0.717, 1.165) is 0 Å². The van der Waals surface area contributed by atoms with E-state index in [-0.39, 0.29) is 36.5 Å². The van der Waals surface area contributed by atoms with E-state index in [1.165, 1.54) is 17.0 Å². The van der Waals surface area contributed by atoms with E-state index in [9.17, 15) is 14.0 Å². The predicted octanol–water partition coefficient (Wildman–Crippen LogP) is 1.52. The van der Waals surface area contributed by atoms with Crippen molar-refractivity contribution in [2.24, 2.45) is 5.92 Å². The highest BCUT2D eigenvalue weighted by molar-refractivity contribution is 5.80. The maximum atomic E-state index is 13.9. The Morgan fingerprint density at radius 2 is 2.30 bits per heavy atom. The second kappa shape index (κ2) is 5.70. The molecule has 1 amide bonds. The molecule has 1 aromatic rings. The fraction of sp³-hybridized carbons (Fsp3) is 0.357. The second-order valence-corrected chi connectivity index (χ2v) is 4.74. The molecule has 6 heteroatoms. The van der Waals surface area contributed by atoms with E-state index < -0.39 is 17.7 Å². The van der Waals surface area contributed by atoms with E-state index in [1.54, 1.807) is 12.1 Å². The van der Waals surface area contributed by atoms with Gasteiger partial charge in [-0.25, -0.2) is 4.39 Å². The first-order valence-electron chi connectivity index (χ1n) is 6.21. The standard InChI is InChI=1S/C14H13FN2O3/c15-13-9(6-16)2-1-3-10(13)7-17-8-11(14(19)20)4-5-12(17)18/h1-3,11H,4-5,7-8H2,(H,19,20). The zero-order valence-electron chi connectivity index (χ0n) is 10.7. The van der Waals surface area contributed by atoms with Gasteiger partial charge in [0, 0.05) is 25.1 Å². The molecular weight excluding hydrogens is 263 g/mol. The van der Waals surface area contributed by atoms with Crippen LogP contribution in [0.2, 0.25) is 0 Å². The Hall–Kier alpha value is -2.42. The topological polar surface area (TPSA) is 81.4 Å². The molecule has 20 heavy (non-hydrogen) atoms. The van der Waals surface area contributed by atoms with Gasteiger partial charge in [-0.3, -0.25) is 9.59 Å². The summed E-state index contributed by atoms with van der Waals surface area (Å²) >= 11 is 0. The number of benzene rings is 1. The lowest BCUT2D eigenvalue weighted by atomic mass is 9.97. The van der Waals surface area contributed by atoms with Crippen molar-refractivity contribution in [1.29, 1.82) is 5.26 Å². The first-order chi connectivity index (χ1) is 9.52. The smallest absolute Gasteiger partial charge is 0.308 e. The predicted molar refractivity (Wildman–Crippen MR) is 66.9 cm³/mol. The van der Waals surface area contributed by atoms with Gasteiger partial charge in [0.2, 0.25) is 5.91 Å². The Morgan fingerprint density at radius 3 is 2.95 bits per heavy atom. The molecule has 0 saturated carbocycles. The summed E-state index contributed by atoms with van der Waals surface area (Å²) in [4.78, 5) is 24.1. The minimum absolute atomic E-state index is 0.00995. The molecule has 1 aliphatic rings. The van der Waals surface area contributed by atoms with Gasteiger partial charge in [0.1, 0.15) is 11.9 Å². The summed E-state index contributed by atoms with van der Waals surface area (Å²) in [6.07, 6.45) is 0.460. The number of carboxylic acid groups (broad SMARTS) is 1. The van der Waals surface area contributed by atoms with Crippen molar-refractivity contribution in [1.82, 2.24) is 4.90 Å². The molecule has 0 radical (unpaired) electrons. The van der Waals surface area contributed by atoms with Gasteiger partial charge in [-0.2, -0.15) is 5.26 Å². The van der Waals surface area contributed by atoms with Crippen LogP contribution in [0.1, 0.15) is 24.0 Å². The number of hydrogen-bond acceptors (Lipinski definition) is 3. The van der Waals surface area contributed by atoms with Crippen LogP contribution in [-0.4, -0.2) is 28.4 Å². The first kappa shape index (κ1) is 14.0. The number of halogens is 1. The van der Waals surface area contributed by atoms with Gasteiger partial charge in [-0.1, -0.05) is 12.1 Å². The summed E-state index contributed by atoms with van der Waals surface area (Å²) in [7, 11) is 0. The van der Waals surface area contributed by atoms with E-state index in [4.69, 9.17) is 10.4 Å². The van der Waals surface area contributed by atoms with E-state index in [0.29, 0.717) is 6.42 Å². The second-order valence-electron chi connectivity index (χ2n) is 4.74. The van der Waals surface area contributed by atoms with Crippen molar-refractivity contribution in [3.8, 4) is 6.07 Å². The van der Waals surface area contributed by atoms with Crippen LogP contribution in [0.15, 0.2) is 18.2 Å². The normalized spacial score (nSPS) is 18.7. The zero-order chi connectivity index (χ0) is 14.7. The van der Waals surface area contributed by atoms with Gasteiger partial charge >= 0.3 is 5.97 Å². The van der Waals surface area contributed by atoms with Crippen LogP contribution in [0.4, 0.5) is 4.39 Å². The maximum Gasteiger partial charge on any atom is 0.308 e. The number of carbonyl (C=O) groups is 2. The van der Waals surface area contributed by atoms with Crippen LogP contribution in [-0.2, 0) is 16.1 Å². The highest BCUT2D eigenvalue weighted by Crippen LogP contribution is 2.21. The fourth-order valence-corrected chi connectivity index (χ4v) is 2.26. The number of carbonyl (C=O) groups excluding carboxylic acids is 1. The summed E-state index contributed by atoms with van der Waals surface area (Å²) in [5.74, 6) is -2.41.